The topological polar surface area (TPSA) is 110 Å². The summed E-state index contributed by atoms with van der Waals surface area (Å²) in [4.78, 5) is 18.5. The van der Waals surface area contributed by atoms with Gasteiger partial charge >= 0.3 is 0 Å². The van der Waals surface area contributed by atoms with Crippen LogP contribution in [0.1, 0.15) is 40.3 Å². The third kappa shape index (κ3) is 4.20. The maximum atomic E-state index is 10.4. The van der Waals surface area contributed by atoms with Crippen LogP contribution < -0.4 is 4.74 Å². The van der Waals surface area contributed by atoms with Gasteiger partial charge in [0.2, 0.25) is 0 Å². The molecule has 3 aromatic heterocycles. The van der Waals surface area contributed by atoms with Crippen molar-refractivity contribution in [1.82, 2.24) is 24.8 Å². The lowest BCUT2D eigenvalue weighted by atomic mass is 9.53. The predicted octanol–water partition coefficient (Wildman–Crippen LogP) is 5.85. The Morgan fingerprint density at radius 3 is 1.91 bits per heavy atom. The Morgan fingerprint density at radius 1 is 0.800 bits per heavy atom. The highest BCUT2D eigenvalue weighted by molar-refractivity contribution is 5.77. The fourth-order valence-corrected chi connectivity index (χ4v) is 8.18. The second-order valence-electron chi connectivity index (χ2n) is 12.8. The van der Waals surface area contributed by atoms with Crippen molar-refractivity contribution < 1.29 is 14.9 Å². The molecule has 6 aliphatic rings. The van der Waals surface area contributed by atoms with Crippen molar-refractivity contribution in [2.45, 2.75) is 36.5 Å². The first-order valence-corrected chi connectivity index (χ1v) is 15.6. The van der Waals surface area contributed by atoms with Gasteiger partial charge in [0.1, 0.15) is 12.2 Å². The van der Waals surface area contributed by atoms with Gasteiger partial charge in [0.25, 0.3) is 0 Å². The molecular weight excluding hydrogens is 562 g/mol. The molecule has 0 amide bonds. The van der Waals surface area contributed by atoms with Gasteiger partial charge in [-0.1, -0.05) is 18.2 Å². The van der Waals surface area contributed by atoms with Crippen LogP contribution in [0.2, 0.25) is 0 Å². The minimum absolute atomic E-state index is 0.160. The number of nitrogens with zero attached hydrogens (tertiary/aromatic N) is 3. The highest BCUT2D eigenvalue weighted by Gasteiger charge is 2.64. The van der Waals surface area contributed by atoms with Gasteiger partial charge in [-0.25, -0.2) is 9.97 Å². The van der Waals surface area contributed by atoms with E-state index in [0.29, 0.717) is 17.7 Å². The molecule has 45 heavy (non-hydrogen) atoms. The number of piperidine rings is 1. The maximum absolute atomic E-state index is 10.4. The lowest BCUT2D eigenvalue weighted by Crippen LogP contribution is -2.64. The summed E-state index contributed by atoms with van der Waals surface area (Å²) in [6.45, 7) is 1.01. The van der Waals surface area contributed by atoms with Crippen LogP contribution in [-0.2, 0) is 11.8 Å². The van der Waals surface area contributed by atoms with Crippen molar-refractivity contribution >= 4 is 46.4 Å². The molecular formula is C37H33N5O3. The number of hydrogen-bond donors (Lipinski definition) is 4. The average Bonchev–Trinajstić information content (AvgIpc) is 3.86. The number of fused-ring (bicyclic) bond motifs is 8. The number of H-pyrrole nitrogens is 2. The summed E-state index contributed by atoms with van der Waals surface area (Å²) in [6, 6.07) is 20.6. The third-order valence-corrected chi connectivity index (χ3v) is 10.2. The summed E-state index contributed by atoms with van der Waals surface area (Å²) in [5, 5.41) is 20.6. The monoisotopic (exact) mass is 595 g/mol. The van der Waals surface area contributed by atoms with E-state index in [4.69, 9.17) is 4.74 Å². The van der Waals surface area contributed by atoms with Crippen LogP contribution in [0.3, 0.4) is 0 Å². The van der Waals surface area contributed by atoms with Crippen LogP contribution in [0, 0.1) is 5.92 Å². The van der Waals surface area contributed by atoms with Gasteiger partial charge in [-0.3, -0.25) is 0 Å². The molecule has 1 spiro atoms. The molecule has 0 unspecified atom stereocenters. The summed E-state index contributed by atoms with van der Waals surface area (Å²) in [5.41, 5.74) is 10.2. The third-order valence-electron chi connectivity index (χ3n) is 10.2. The predicted molar refractivity (Wildman–Crippen MR) is 176 cm³/mol. The fraction of sp³-hybridized carbons (Fsp3) is 0.243. The molecule has 5 atom stereocenters. The molecule has 224 valence electrons. The molecule has 8 heteroatoms. The van der Waals surface area contributed by atoms with Crippen LogP contribution >= 0.6 is 0 Å². The van der Waals surface area contributed by atoms with E-state index in [2.05, 4.69) is 62.2 Å². The van der Waals surface area contributed by atoms with Crippen molar-refractivity contribution in [1.29, 1.82) is 0 Å². The highest BCUT2D eigenvalue weighted by atomic mass is 16.5. The van der Waals surface area contributed by atoms with Gasteiger partial charge in [0, 0.05) is 45.0 Å². The molecule has 1 fully saturated rings. The van der Waals surface area contributed by atoms with Crippen molar-refractivity contribution in [2.75, 3.05) is 13.6 Å². The summed E-state index contributed by atoms with van der Waals surface area (Å²) < 4.78 is 6.09. The molecule has 4 aromatic rings. The molecule has 4 aliphatic heterocycles. The van der Waals surface area contributed by atoms with Crippen molar-refractivity contribution in [2.24, 2.45) is 5.92 Å². The standard InChI is InChI=1S/C20H14N4.C17H19NO3/c1-2-14-10-16-5-6-18(23-16)12-20-8-7-19(24-20)11-17-4-3-15(22-17)9-13(1)21-14;1-18-7-6-17-10-3-5-13(20)16(17)21-15-12(19)4-2-9(14(15)17)8-11(10)18/h1-12,21,24H;2-5,10-11,13,16,19-20H,6-8H2,1H3/t;10-,11+,13-,16-,17-/m.0/s1. The molecule has 4 N–H and O–H groups in total. The molecule has 0 saturated carbocycles. The normalized spacial score (nSPS) is 26.6. The molecule has 10 bridgehead atoms. The van der Waals surface area contributed by atoms with Crippen LogP contribution in [0.15, 0.2) is 72.8 Å². The number of likely N-dealkylation sites (N-methyl/N-ethyl adjacent to an activating group) is 1. The summed E-state index contributed by atoms with van der Waals surface area (Å²) >= 11 is 0. The van der Waals surface area contributed by atoms with E-state index < -0.39 is 6.10 Å². The lowest BCUT2D eigenvalue weighted by Gasteiger charge is -2.56. The van der Waals surface area contributed by atoms with Gasteiger partial charge < -0.3 is 29.8 Å². The molecule has 7 heterocycles. The van der Waals surface area contributed by atoms with Gasteiger partial charge in [0.15, 0.2) is 11.5 Å². The van der Waals surface area contributed by atoms with E-state index in [1.165, 1.54) is 11.1 Å². The maximum Gasteiger partial charge on any atom is 0.165 e. The van der Waals surface area contributed by atoms with Crippen LogP contribution in [0.4, 0.5) is 0 Å². The number of nitrogens with one attached hydrogen (secondary N) is 2. The fourth-order valence-electron chi connectivity index (χ4n) is 8.18. The first kappa shape index (κ1) is 26.5. The lowest BCUT2D eigenvalue weighted by molar-refractivity contribution is -0.0453. The number of phenols is 1. The van der Waals surface area contributed by atoms with Crippen molar-refractivity contribution in [3.8, 4) is 11.5 Å². The highest BCUT2D eigenvalue weighted by Crippen LogP contribution is 2.62. The number of aromatic hydroxyl groups is 1. The Morgan fingerprint density at radius 2 is 1.36 bits per heavy atom. The van der Waals surface area contributed by atoms with Crippen molar-refractivity contribution in [3.05, 3.63) is 107 Å². The molecule has 8 nitrogen and oxygen atoms in total. The summed E-state index contributed by atoms with van der Waals surface area (Å²) in [6.07, 6.45) is 13.3. The Hall–Kier alpha value is -4.92. The Bertz CT molecular complexity index is 1950. The summed E-state index contributed by atoms with van der Waals surface area (Å²) in [5.74, 6) is 1.19. The zero-order chi connectivity index (χ0) is 30.3. The summed E-state index contributed by atoms with van der Waals surface area (Å²) in [7, 11) is 2.19. The zero-order valence-corrected chi connectivity index (χ0v) is 24.8. The molecule has 1 saturated heterocycles. The van der Waals surface area contributed by atoms with Crippen LogP contribution in [-0.4, -0.2) is 66.9 Å². The number of rotatable bonds is 0. The molecule has 0 radical (unpaired) electrons. The molecule has 1 aromatic carbocycles. The number of aromatic nitrogens is 4. The van der Waals surface area contributed by atoms with E-state index in [1.54, 1.807) is 6.07 Å². The quantitative estimate of drug-likeness (QED) is 0.164. The number of hydrogen-bond acceptors (Lipinski definition) is 6. The smallest absolute Gasteiger partial charge is 0.165 e. The zero-order valence-electron chi connectivity index (χ0n) is 24.8. The largest absolute Gasteiger partial charge is 0.504 e. The Kier molecular flexibility index (Phi) is 5.76. The first-order valence-electron chi connectivity index (χ1n) is 15.6. The Balaban J connectivity index is 0.000000126. The molecule has 10 rings (SSSR count). The van der Waals surface area contributed by atoms with Gasteiger partial charge in [-0.15, -0.1) is 0 Å². The number of benzene rings is 1. The Labute approximate surface area is 260 Å². The van der Waals surface area contributed by atoms with E-state index in [1.807, 2.05) is 60.7 Å². The van der Waals surface area contributed by atoms with E-state index in [-0.39, 0.29) is 17.3 Å². The van der Waals surface area contributed by atoms with Crippen LogP contribution in [0.5, 0.6) is 11.5 Å². The minimum Gasteiger partial charge on any atom is -0.504 e. The number of aliphatic hydroxyl groups is 1. The van der Waals surface area contributed by atoms with Crippen LogP contribution in [0.25, 0.3) is 46.4 Å². The van der Waals surface area contributed by atoms with Crippen molar-refractivity contribution in [3.63, 3.8) is 0 Å². The average molecular weight is 596 g/mol. The second kappa shape index (κ2) is 9.79. The minimum atomic E-state index is -0.594. The van der Waals surface area contributed by atoms with Gasteiger partial charge in [-0.2, -0.15) is 0 Å². The number of aromatic amines is 2. The number of phenolic OH excluding ortho intramolecular Hbond substituents is 1. The van der Waals surface area contributed by atoms with E-state index in [9.17, 15) is 10.2 Å². The molecule has 2 aliphatic carbocycles. The first-order chi connectivity index (χ1) is 21.9. The van der Waals surface area contributed by atoms with E-state index in [0.717, 1.165) is 64.2 Å². The number of likely N-dealkylation sites (tertiary alicyclic amines) is 1. The van der Waals surface area contributed by atoms with E-state index >= 15 is 0 Å². The van der Waals surface area contributed by atoms with Gasteiger partial charge in [-0.05, 0) is 111 Å². The second-order valence-corrected chi connectivity index (χ2v) is 12.8. The van der Waals surface area contributed by atoms with Gasteiger partial charge in [0.05, 0.1) is 22.8 Å². The number of aliphatic hydroxyl groups excluding tert-OH is 1. The SMILES string of the molecule is C1=Cc2cc3ccc(cc4nc(cc5ccc(cc1n2)[nH]5)C=C4)[nH]3.CN1CC[C@]23c4c5ccc(O)c4O[C@H]2[C@@H](O)C=C[C@H]3[C@H]1C5. The number of ether oxygens (including phenoxy) is 1.